The Kier molecular flexibility index (Phi) is 7.64. The maximum Gasteiger partial charge on any atom is 0.246 e. The molecule has 0 fully saturated rings. The molecule has 0 aliphatic heterocycles. The molecule has 0 bridgehead atoms. The van der Waals surface area contributed by atoms with Crippen LogP contribution in [0, 0.1) is 0 Å². The van der Waals surface area contributed by atoms with Crippen molar-refractivity contribution >= 4 is 27.3 Å². The zero-order valence-electron chi connectivity index (χ0n) is 17.5. The van der Waals surface area contributed by atoms with Gasteiger partial charge in [0.05, 0.1) is 6.61 Å². The van der Waals surface area contributed by atoms with E-state index < -0.39 is 16.1 Å². The summed E-state index contributed by atoms with van der Waals surface area (Å²) in [6.07, 6.45) is 0.933. The van der Waals surface area contributed by atoms with Crippen LogP contribution in [0.3, 0.4) is 0 Å². The third-order valence-electron chi connectivity index (χ3n) is 4.41. The second-order valence-corrected chi connectivity index (χ2v) is 8.91. The number of hydrogen-bond donors (Lipinski definition) is 2. The number of aryl methyl sites for hydroxylation is 1. The van der Waals surface area contributed by atoms with Gasteiger partial charge in [-0.25, -0.2) is 12.7 Å². The van der Waals surface area contributed by atoms with Gasteiger partial charge in [-0.1, -0.05) is 19.1 Å². The first-order valence-corrected chi connectivity index (χ1v) is 11.0. The lowest BCUT2D eigenvalue weighted by atomic mass is 10.1. The molecular weight excluding hydrogens is 390 g/mol. The van der Waals surface area contributed by atoms with E-state index in [1.807, 2.05) is 24.3 Å². The van der Waals surface area contributed by atoms with Crippen LogP contribution >= 0.6 is 0 Å². The van der Waals surface area contributed by atoms with Crippen molar-refractivity contribution in [1.82, 2.24) is 4.31 Å². The van der Waals surface area contributed by atoms with Crippen LogP contribution in [0.15, 0.2) is 47.4 Å². The Morgan fingerprint density at radius 1 is 1.07 bits per heavy atom. The third kappa shape index (κ3) is 5.71. The monoisotopic (exact) mass is 419 g/mol. The number of hydrogen-bond acceptors (Lipinski definition) is 5. The van der Waals surface area contributed by atoms with Crippen molar-refractivity contribution in [2.24, 2.45) is 0 Å². The molecule has 0 spiro atoms. The van der Waals surface area contributed by atoms with E-state index in [0.29, 0.717) is 18.0 Å². The Morgan fingerprint density at radius 3 is 2.24 bits per heavy atom. The molecular formula is C21H29N3O4S. The van der Waals surface area contributed by atoms with Crippen molar-refractivity contribution in [1.29, 1.82) is 0 Å². The largest absolute Gasteiger partial charge is 0.492 e. The normalized spacial score (nSPS) is 12.5. The molecule has 0 aliphatic rings. The highest BCUT2D eigenvalue weighted by Gasteiger charge is 2.23. The number of carbonyl (C=O) groups is 1. The first-order valence-electron chi connectivity index (χ1n) is 9.54. The Bertz CT molecular complexity index is 941. The minimum Gasteiger partial charge on any atom is -0.492 e. The smallest absolute Gasteiger partial charge is 0.246 e. The molecule has 8 heteroatoms. The van der Waals surface area contributed by atoms with Crippen LogP contribution in [0.5, 0.6) is 5.75 Å². The molecule has 0 saturated carbocycles. The second kappa shape index (κ2) is 9.76. The topological polar surface area (TPSA) is 87.7 Å². The summed E-state index contributed by atoms with van der Waals surface area (Å²) >= 11 is 0. The Balaban J connectivity index is 2.18. The van der Waals surface area contributed by atoms with Crippen LogP contribution in [0.1, 0.15) is 26.3 Å². The molecule has 2 rings (SSSR count). The number of benzene rings is 2. The summed E-state index contributed by atoms with van der Waals surface area (Å²) in [7, 11) is -0.769. The number of sulfonamides is 1. The van der Waals surface area contributed by atoms with Crippen molar-refractivity contribution in [3.63, 3.8) is 0 Å². The number of carbonyl (C=O) groups excluding carboxylic acids is 1. The van der Waals surface area contributed by atoms with E-state index in [2.05, 4.69) is 17.6 Å². The van der Waals surface area contributed by atoms with Crippen LogP contribution in [0.4, 0.5) is 11.4 Å². The summed E-state index contributed by atoms with van der Waals surface area (Å²) in [4.78, 5) is 12.6. The van der Waals surface area contributed by atoms with E-state index in [1.54, 1.807) is 26.0 Å². The summed E-state index contributed by atoms with van der Waals surface area (Å²) < 4.78 is 31.9. The van der Waals surface area contributed by atoms with E-state index >= 15 is 0 Å². The molecule has 1 atom stereocenters. The second-order valence-electron chi connectivity index (χ2n) is 6.79. The number of rotatable bonds is 9. The summed E-state index contributed by atoms with van der Waals surface area (Å²) in [5, 5.41) is 5.91. The number of anilines is 2. The predicted molar refractivity (Wildman–Crippen MR) is 116 cm³/mol. The quantitative estimate of drug-likeness (QED) is 0.651. The Labute approximate surface area is 173 Å². The van der Waals surface area contributed by atoms with Gasteiger partial charge in [-0.2, -0.15) is 0 Å². The van der Waals surface area contributed by atoms with Crippen molar-refractivity contribution in [3.8, 4) is 5.75 Å². The minimum atomic E-state index is -3.70. The van der Waals surface area contributed by atoms with Crippen molar-refractivity contribution in [2.45, 2.75) is 38.1 Å². The highest BCUT2D eigenvalue weighted by atomic mass is 32.2. The van der Waals surface area contributed by atoms with Crippen LogP contribution < -0.4 is 15.4 Å². The van der Waals surface area contributed by atoms with Gasteiger partial charge in [-0.05, 0) is 56.2 Å². The molecule has 0 saturated heterocycles. The van der Waals surface area contributed by atoms with E-state index in [4.69, 9.17) is 4.74 Å². The molecule has 2 N–H and O–H groups in total. The third-order valence-corrected chi connectivity index (χ3v) is 6.24. The highest BCUT2D eigenvalue weighted by molar-refractivity contribution is 7.89. The van der Waals surface area contributed by atoms with Gasteiger partial charge < -0.3 is 15.4 Å². The van der Waals surface area contributed by atoms with Gasteiger partial charge in [0.25, 0.3) is 0 Å². The summed E-state index contributed by atoms with van der Waals surface area (Å²) in [5.41, 5.74) is 2.42. The van der Waals surface area contributed by atoms with Gasteiger partial charge in [-0.3, -0.25) is 4.79 Å². The Hall–Kier alpha value is -2.58. The zero-order valence-corrected chi connectivity index (χ0v) is 18.3. The van der Waals surface area contributed by atoms with Crippen LogP contribution in [-0.4, -0.2) is 45.4 Å². The average Bonchev–Trinajstić information content (AvgIpc) is 2.69. The summed E-state index contributed by atoms with van der Waals surface area (Å²) in [6.45, 7) is 5.92. The molecule has 29 heavy (non-hydrogen) atoms. The lowest BCUT2D eigenvalue weighted by Gasteiger charge is -2.19. The molecule has 1 amide bonds. The SMILES string of the molecule is CCOc1ccc(NC(C)C(=O)Nc2ccc(CC)cc2)cc1S(=O)(=O)N(C)C. The fourth-order valence-corrected chi connectivity index (χ4v) is 3.71. The first-order chi connectivity index (χ1) is 13.7. The van der Waals surface area contributed by atoms with Gasteiger partial charge >= 0.3 is 0 Å². The van der Waals surface area contributed by atoms with E-state index in [-0.39, 0.29) is 16.6 Å². The summed E-state index contributed by atoms with van der Waals surface area (Å²) in [5.74, 6) is 0.0556. The standard InChI is InChI=1S/C21H29N3O4S/c1-6-16-8-10-17(11-9-16)23-21(25)15(3)22-18-12-13-19(28-7-2)20(14-18)29(26,27)24(4)5/h8-15,22H,6-7H2,1-5H3,(H,23,25). The van der Waals surface area contributed by atoms with E-state index in [9.17, 15) is 13.2 Å². The van der Waals surface area contributed by atoms with Crippen LogP contribution in [-0.2, 0) is 21.2 Å². The molecule has 2 aromatic rings. The lowest BCUT2D eigenvalue weighted by molar-refractivity contribution is -0.116. The number of nitrogens with zero attached hydrogens (tertiary/aromatic N) is 1. The van der Waals surface area contributed by atoms with Gasteiger partial charge in [0.2, 0.25) is 15.9 Å². The fourth-order valence-electron chi connectivity index (χ4n) is 2.66. The molecule has 0 aliphatic carbocycles. The first kappa shape index (κ1) is 22.7. The van der Waals surface area contributed by atoms with Crippen molar-refractivity contribution in [3.05, 3.63) is 48.0 Å². The van der Waals surface area contributed by atoms with Crippen LogP contribution in [0.2, 0.25) is 0 Å². The summed E-state index contributed by atoms with van der Waals surface area (Å²) in [6, 6.07) is 11.9. The number of amides is 1. The zero-order chi connectivity index (χ0) is 21.6. The molecule has 2 aromatic carbocycles. The van der Waals surface area contributed by atoms with Crippen molar-refractivity contribution in [2.75, 3.05) is 31.3 Å². The minimum absolute atomic E-state index is 0.0529. The van der Waals surface area contributed by atoms with Gasteiger partial charge in [0.15, 0.2) is 0 Å². The molecule has 7 nitrogen and oxygen atoms in total. The van der Waals surface area contributed by atoms with Gasteiger partial charge in [-0.15, -0.1) is 0 Å². The Morgan fingerprint density at radius 2 is 1.69 bits per heavy atom. The van der Waals surface area contributed by atoms with Gasteiger partial charge in [0, 0.05) is 25.5 Å². The molecule has 0 radical (unpaired) electrons. The predicted octanol–water partition coefficient (Wildman–Crippen LogP) is 3.34. The van der Waals surface area contributed by atoms with Crippen molar-refractivity contribution < 1.29 is 17.9 Å². The van der Waals surface area contributed by atoms with E-state index in [1.165, 1.54) is 25.7 Å². The molecule has 0 heterocycles. The lowest BCUT2D eigenvalue weighted by Crippen LogP contribution is -2.32. The van der Waals surface area contributed by atoms with Gasteiger partial charge in [0.1, 0.15) is 16.7 Å². The number of ether oxygens (including phenoxy) is 1. The maximum absolute atomic E-state index is 12.6. The van der Waals surface area contributed by atoms with Crippen LogP contribution in [0.25, 0.3) is 0 Å². The molecule has 0 aromatic heterocycles. The number of nitrogens with one attached hydrogen (secondary N) is 2. The average molecular weight is 420 g/mol. The highest BCUT2D eigenvalue weighted by Crippen LogP contribution is 2.29. The fraction of sp³-hybridized carbons (Fsp3) is 0.381. The van der Waals surface area contributed by atoms with E-state index in [0.717, 1.165) is 10.7 Å². The maximum atomic E-state index is 12.6. The molecule has 158 valence electrons. The molecule has 1 unspecified atom stereocenters.